The highest BCUT2D eigenvalue weighted by Gasteiger charge is 2.72. The third-order valence-corrected chi connectivity index (χ3v) is 13.5. The smallest absolute Gasteiger partial charge is 0.325 e. The van der Waals surface area contributed by atoms with E-state index in [1.54, 1.807) is 0 Å². The minimum Gasteiger partial charge on any atom is -0.468 e. The summed E-state index contributed by atoms with van der Waals surface area (Å²) in [6.45, 7) is 14.9. The van der Waals surface area contributed by atoms with Gasteiger partial charge in [0.2, 0.25) is 5.91 Å². The molecule has 7 heteroatoms. The predicted molar refractivity (Wildman–Crippen MR) is 155 cm³/mol. The molecule has 0 aromatic carbocycles. The average molecular weight is 570 g/mol. The Bertz CT molecular complexity index is 1180. The summed E-state index contributed by atoms with van der Waals surface area (Å²) >= 11 is 0. The molecule has 5 rings (SSSR count). The van der Waals surface area contributed by atoms with Crippen LogP contribution < -0.4 is 5.32 Å². The number of allylic oxidation sites excluding steroid dienone is 2. The summed E-state index contributed by atoms with van der Waals surface area (Å²) in [5, 5.41) is 2.78. The summed E-state index contributed by atoms with van der Waals surface area (Å²) in [6.07, 6.45) is 10.2. The third kappa shape index (κ3) is 4.17. The average Bonchev–Trinajstić information content (AvgIpc) is 2.89. The van der Waals surface area contributed by atoms with Crippen LogP contribution in [0.1, 0.15) is 106 Å². The van der Waals surface area contributed by atoms with Crippen LogP contribution in [0.2, 0.25) is 0 Å². The van der Waals surface area contributed by atoms with E-state index < -0.39 is 28.9 Å². The van der Waals surface area contributed by atoms with Crippen LogP contribution in [-0.4, -0.2) is 43.4 Å². The van der Waals surface area contributed by atoms with E-state index in [0.29, 0.717) is 24.7 Å². The molecule has 0 aromatic heterocycles. The van der Waals surface area contributed by atoms with E-state index in [2.05, 4.69) is 46.0 Å². The first-order valence-electron chi connectivity index (χ1n) is 15.9. The number of hydrogen-bond acceptors (Lipinski definition) is 6. The lowest BCUT2D eigenvalue weighted by molar-refractivity contribution is -0.214. The van der Waals surface area contributed by atoms with Crippen molar-refractivity contribution in [3.8, 4) is 0 Å². The Morgan fingerprint density at radius 1 is 0.976 bits per heavy atom. The van der Waals surface area contributed by atoms with Crippen LogP contribution in [0, 0.1) is 50.7 Å². The maximum atomic E-state index is 14.5. The van der Waals surface area contributed by atoms with Gasteiger partial charge in [-0.15, -0.1) is 0 Å². The predicted octanol–water partition coefficient (Wildman–Crippen LogP) is 5.80. The number of esters is 2. The second-order valence-corrected chi connectivity index (χ2v) is 15.5. The molecule has 0 aromatic rings. The lowest BCUT2D eigenvalue weighted by Crippen LogP contribution is -2.69. The van der Waals surface area contributed by atoms with Gasteiger partial charge in [0.05, 0.1) is 12.5 Å². The lowest BCUT2D eigenvalue weighted by atomic mass is 9.33. The summed E-state index contributed by atoms with van der Waals surface area (Å²) in [6, 6.07) is 0. The Morgan fingerprint density at radius 2 is 1.68 bits per heavy atom. The molecular weight excluding hydrogens is 518 g/mol. The highest BCUT2D eigenvalue weighted by molar-refractivity contribution is 5.96. The van der Waals surface area contributed by atoms with Crippen molar-refractivity contribution in [1.82, 2.24) is 5.32 Å². The largest absolute Gasteiger partial charge is 0.468 e. The van der Waals surface area contributed by atoms with Crippen molar-refractivity contribution in [3.63, 3.8) is 0 Å². The molecule has 7 nitrogen and oxygen atoms in total. The van der Waals surface area contributed by atoms with Gasteiger partial charge in [0.1, 0.15) is 12.6 Å². The van der Waals surface area contributed by atoms with Crippen LogP contribution in [0.25, 0.3) is 0 Å². The molecular formula is C34H51NO6. The minimum atomic E-state index is -1.08. The SMILES string of the molecule is COC(=O)CNC(=O)[C@]1(C)C2CC[C@]3(C)C(C(=O)C=C4C5[C@@H](C)CCC[C@]5(C)CC[C@]43C)[C@@]2(C)CC[C@H]1OC(C)=O. The molecule has 0 bridgehead atoms. The number of ketones is 1. The fraction of sp³-hybridized carbons (Fsp3) is 0.824. The van der Waals surface area contributed by atoms with E-state index in [1.807, 2.05) is 6.92 Å². The van der Waals surface area contributed by atoms with Gasteiger partial charge in [-0.2, -0.15) is 0 Å². The maximum absolute atomic E-state index is 14.5. The van der Waals surface area contributed by atoms with Gasteiger partial charge < -0.3 is 14.8 Å². The van der Waals surface area contributed by atoms with E-state index in [9.17, 15) is 19.2 Å². The molecule has 3 unspecified atom stereocenters. The van der Waals surface area contributed by atoms with Crippen molar-refractivity contribution in [3.05, 3.63) is 11.6 Å². The molecule has 0 saturated heterocycles. The molecule has 0 aliphatic heterocycles. The fourth-order valence-corrected chi connectivity index (χ4v) is 11.4. The molecule has 0 radical (unpaired) electrons. The quantitative estimate of drug-likeness (QED) is 0.430. The molecule has 0 heterocycles. The van der Waals surface area contributed by atoms with E-state index in [0.717, 1.165) is 19.3 Å². The first kappa shape index (κ1) is 30.3. The van der Waals surface area contributed by atoms with Crippen LogP contribution in [0.3, 0.4) is 0 Å². The zero-order chi connectivity index (χ0) is 30.2. The molecule has 41 heavy (non-hydrogen) atoms. The standard InChI is InChI=1S/C34H51NO6/c1-20-10-9-13-30(3)16-17-32(5)22(27(20)30)18-23(37)28-31(4)14-12-25(41-21(2)36)34(7,24(31)11-15-33(28,32)6)29(39)35-19-26(38)40-8/h18,20,24-25,27-28H,9-17,19H2,1-8H3,(H,35,39)/t20-,24?,25+,27?,28?,30+,31-,32+,33+,34+/m0/s1. The highest BCUT2D eigenvalue weighted by Crippen LogP contribution is 2.75. The molecule has 5 aliphatic carbocycles. The number of amides is 1. The third-order valence-electron chi connectivity index (χ3n) is 13.5. The Balaban J connectivity index is 1.58. The first-order chi connectivity index (χ1) is 19.1. The second-order valence-electron chi connectivity index (χ2n) is 15.5. The van der Waals surface area contributed by atoms with Gasteiger partial charge >= 0.3 is 11.9 Å². The van der Waals surface area contributed by atoms with Gasteiger partial charge in [0, 0.05) is 12.8 Å². The molecule has 0 spiro atoms. The van der Waals surface area contributed by atoms with Crippen LogP contribution >= 0.6 is 0 Å². The van der Waals surface area contributed by atoms with Gasteiger partial charge in [-0.1, -0.05) is 53.0 Å². The molecule has 1 amide bonds. The normalized spacial score (nSPS) is 47.0. The minimum absolute atomic E-state index is 0.0778. The number of nitrogens with one attached hydrogen (secondary N) is 1. The van der Waals surface area contributed by atoms with E-state index in [-0.39, 0.29) is 46.3 Å². The zero-order valence-corrected chi connectivity index (χ0v) is 26.5. The van der Waals surface area contributed by atoms with Crippen molar-refractivity contribution in [2.45, 2.75) is 112 Å². The summed E-state index contributed by atoms with van der Waals surface area (Å²) in [7, 11) is 1.29. The van der Waals surface area contributed by atoms with E-state index in [1.165, 1.54) is 45.3 Å². The van der Waals surface area contributed by atoms with Gasteiger partial charge in [-0.25, -0.2) is 0 Å². The van der Waals surface area contributed by atoms with Crippen LogP contribution in [0.5, 0.6) is 0 Å². The van der Waals surface area contributed by atoms with Crippen LogP contribution in [-0.2, 0) is 28.7 Å². The number of carbonyl (C=O) groups is 4. The molecule has 10 atom stereocenters. The monoisotopic (exact) mass is 569 g/mol. The number of fused-ring (bicyclic) bond motifs is 7. The Labute approximate surface area is 245 Å². The van der Waals surface area contributed by atoms with Crippen LogP contribution in [0.4, 0.5) is 0 Å². The van der Waals surface area contributed by atoms with Crippen molar-refractivity contribution >= 4 is 23.6 Å². The van der Waals surface area contributed by atoms with Crippen molar-refractivity contribution in [1.29, 1.82) is 0 Å². The van der Waals surface area contributed by atoms with Crippen molar-refractivity contribution in [2.24, 2.45) is 50.7 Å². The fourth-order valence-electron chi connectivity index (χ4n) is 11.4. The van der Waals surface area contributed by atoms with Gasteiger partial charge in [0.25, 0.3) is 0 Å². The summed E-state index contributed by atoms with van der Waals surface area (Å²) in [5.74, 6) is -0.453. The number of ether oxygens (including phenoxy) is 2. The summed E-state index contributed by atoms with van der Waals surface area (Å²) in [5.41, 5.74) is -0.186. The van der Waals surface area contributed by atoms with Crippen LogP contribution in [0.15, 0.2) is 11.6 Å². The topological polar surface area (TPSA) is 98.8 Å². The van der Waals surface area contributed by atoms with Crippen molar-refractivity contribution < 1.29 is 28.7 Å². The number of carbonyl (C=O) groups excluding carboxylic acids is 4. The second kappa shape index (κ2) is 9.94. The van der Waals surface area contributed by atoms with Crippen molar-refractivity contribution in [2.75, 3.05) is 13.7 Å². The molecule has 1 N–H and O–H groups in total. The van der Waals surface area contributed by atoms with E-state index in [4.69, 9.17) is 9.47 Å². The van der Waals surface area contributed by atoms with Gasteiger partial charge in [0.15, 0.2) is 5.78 Å². The van der Waals surface area contributed by atoms with Gasteiger partial charge in [-0.05, 0) is 97.4 Å². The Hall–Kier alpha value is -2.18. The summed E-state index contributed by atoms with van der Waals surface area (Å²) < 4.78 is 10.6. The Kier molecular flexibility index (Phi) is 7.34. The first-order valence-corrected chi connectivity index (χ1v) is 15.9. The molecule has 4 fully saturated rings. The summed E-state index contributed by atoms with van der Waals surface area (Å²) in [4.78, 5) is 52.6. The van der Waals surface area contributed by atoms with Gasteiger partial charge in [-0.3, -0.25) is 19.2 Å². The lowest BCUT2D eigenvalue weighted by Gasteiger charge is -2.70. The number of rotatable bonds is 4. The van der Waals surface area contributed by atoms with E-state index >= 15 is 0 Å². The maximum Gasteiger partial charge on any atom is 0.325 e. The molecule has 4 saturated carbocycles. The number of methoxy groups -OCH3 is 1. The number of hydrogen-bond donors (Lipinski definition) is 1. The highest BCUT2D eigenvalue weighted by atomic mass is 16.5. The Morgan fingerprint density at radius 3 is 2.34 bits per heavy atom. The zero-order valence-electron chi connectivity index (χ0n) is 26.5. The molecule has 5 aliphatic rings. The molecule has 228 valence electrons.